The highest BCUT2D eigenvalue weighted by molar-refractivity contribution is 5.73. The summed E-state index contributed by atoms with van der Waals surface area (Å²) >= 11 is 0. The number of amides is 1. The number of allylic oxidation sites excluding steroid dienone is 2. The van der Waals surface area contributed by atoms with Crippen LogP contribution in [-0.2, 0) is 23.7 Å². The van der Waals surface area contributed by atoms with Crippen molar-refractivity contribution in [3.8, 4) is 0 Å². The van der Waals surface area contributed by atoms with Crippen molar-refractivity contribution in [1.29, 1.82) is 0 Å². The zero-order valence-electron chi connectivity index (χ0n) is 22.7. The maximum absolute atomic E-state index is 12.2. The number of carbonyl (C=O) groups is 2. The number of rotatable bonds is 16. The fraction of sp³-hybridized carbons (Fsp3) is 0.778. The van der Waals surface area contributed by atoms with E-state index in [0.717, 1.165) is 6.42 Å². The van der Waals surface area contributed by atoms with Gasteiger partial charge in [-0.3, -0.25) is 4.79 Å². The number of hydrogen-bond donors (Lipinski definition) is 3. The summed E-state index contributed by atoms with van der Waals surface area (Å²) in [5.41, 5.74) is 4.95. The number of cyclic esters (lactones) is 1. The second-order valence-electron chi connectivity index (χ2n) is 10.1. The SMILES string of the molecule is COCO[C@H]1[C@H](C)[C@H](CC/C=C\[C@H](C)[C@H](O)[C@@H](C)/C=C\CC[C@@H](O)[C@H](C)COC(N)=O)OC(=O)[C@@H]1C. The molecule has 208 valence electrons. The molecule has 9 heteroatoms. The molecule has 1 fully saturated rings. The van der Waals surface area contributed by atoms with E-state index in [4.69, 9.17) is 24.7 Å². The summed E-state index contributed by atoms with van der Waals surface area (Å²) in [6.45, 7) is 9.80. The number of esters is 1. The number of hydrogen-bond acceptors (Lipinski definition) is 8. The highest BCUT2D eigenvalue weighted by Crippen LogP contribution is 2.31. The van der Waals surface area contributed by atoms with Gasteiger partial charge in [-0.05, 0) is 32.6 Å². The summed E-state index contributed by atoms with van der Waals surface area (Å²) in [5.74, 6) is -0.817. The first-order chi connectivity index (χ1) is 17.0. The maximum atomic E-state index is 12.2. The Morgan fingerprint density at radius 3 is 2.31 bits per heavy atom. The van der Waals surface area contributed by atoms with Crippen LogP contribution >= 0.6 is 0 Å². The topological polar surface area (TPSA) is 138 Å². The minimum atomic E-state index is -0.845. The van der Waals surface area contributed by atoms with E-state index in [1.165, 1.54) is 0 Å². The average Bonchev–Trinajstić information content (AvgIpc) is 2.84. The zero-order valence-corrected chi connectivity index (χ0v) is 22.7. The molecule has 1 amide bonds. The lowest BCUT2D eigenvalue weighted by molar-refractivity contribution is -0.194. The van der Waals surface area contributed by atoms with Crippen LogP contribution in [0, 0.1) is 29.6 Å². The molecule has 1 heterocycles. The number of methoxy groups -OCH3 is 1. The molecule has 1 rings (SSSR count). The van der Waals surface area contributed by atoms with Crippen LogP contribution in [0.1, 0.15) is 60.3 Å². The Morgan fingerprint density at radius 2 is 1.72 bits per heavy atom. The molecule has 1 aliphatic rings. The maximum Gasteiger partial charge on any atom is 0.404 e. The third kappa shape index (κ3) is 11.0. The summed E-state index contributed by atoms with van der Waals surface area (Å²) in [7, 11) is 1.56. The van der Waals surface area contributed by atoms with E-state index in [9.17, 15) is 19.8 Å². The van der Waals surface area contributed by atoms with Crippen LogP contribution in [0.15, 0.2) is 24.3 Å². The predicted molar refractivity (Wildman–Crippen MR) is 137 cm³/mol. The Balaban J connectivity index is 2.43. The lowest BCUT2D eigenvalue weighted by Gasteiger charge is -2.38. The Kier molecular flexibility index (Phi) is 14.9. The van der Waals surface area contributed by atoms with Crippen molar-refractivity contribution in [2.24, 2.45) is 35.3 Å². The van der Waals surface area contributed by atoms with Gasteiger partial charge < -0.3 is 34.9 Å². The summed E-state index contributed by atoms with van der Waals surface area (Å²) in [5, 5.41) is 20.8. The van der Waals surface area contributed by atoms with Crippen molar-refractivity contribution in [3.63, 3.8) is 0 Å². The molecule has 0 aromatic rings. The van der Waals surface area contributed by atoms with Gasteiger partial charge in [-0.2, -0.15) is 0 Å². The number of nitrogens with two attached hydrogens (primary N) is 1. The minimum absolute atomic E-state index is 0.0506. The smallest absolute Gasteiger partial charge is 0.404 e. The molecule has 4 N–H and O–H groups in total. The number of aliphatic hydroxyl groups excluding tert-OH is 2. The summed E-state index contributed by atoms with van der Waals surface area (Å²) in [6.07, 6.45) is 8.07. The Morgan fingerprint density at radius 1 is 1.11 bits per heavy atom. The van der Waals surface area contributed by atoms with E-state index >= 15 is 0 Å². The molecule has 9 nitrogen and oxygen atoms in total. The zero-order chi connectivity index (χ0) is 27.3. The predicted octanol–water partition coefficient (Wildman–Crippen LogP) is 3.57. The third-order valence-corrected chi connectivity index (χ3v) is 6.96. The molecule has 0 bridgehead atoms. The summed E-state index contributed by atoms with van der Waals surface area (Å²) in [4.78, 5) is 22.9. The Labute approximate surface area is 216 Å². The number of carbonyl (C=O) groups excluding carboxylic acids is 2. The molecule has 0 unspecified atom stereocenters. The van der Waals surface area contributed by atoms with Crippen LogP contribution in [0.4, 0.5) is 4.79 Å². The normalized spacial score (nSPS) is 26.9. The van der Waals surface area contributed by atoms with Gasteiger partial charge in [0, 0.05) is 30.8 Å². The van der Waals surface area contributed by atoms with Crippen LogP contribution in [0.5, 0.6) is 0 Å². The number of ether oxygens (including phenoxy) is 4. The van der Waals surface area contributed by atoms with Crippen molar-refractivity contribution in [2.75, 3.05) is 20.5 Å². The fourth-order valence-corrected chi connectivity index (χ4v) is 4.39. The Hall–Kier alpha value is -1.94. The van der Waals surface area contributed by atoms with Gasteiger partial charge in [0.2, 0.25) is 0 Å². The van der Waals surface area contributed by atoms with Crippen molar-refractivity contribution in [2.45, 2.75) is 84.7 Å². The lowest BCUT2D eigenvalue weighted by atomic mass is 9.84. The van der Waals surface area contributed by atoms with Gasteiger partial charge in [-0.15, -0.1) is 0 Å². The standard InChI is InChI=1S/C27H47NO8/c1-17(11-7-9-13-22(29)19(3)15-34-27(28)32)24(30)18(2)12-8-10-14-23-20(4)25(35-16-33-6)21(5)26(31)36-23/h7-8,11-12,17-25,29-30H,9-10,13-16H2,1-6H3,(H2,28,32)/b11-7-,12-8-/t17-,18-,19+,20+,21+,22+,23-,24+,25-/m0/s1. The monoisotopic (exact) mass is 513 g/mol. The molecule has 0 aliphatic carbocycles. The summed E-state index contributed by atoms with van der Waals surface area (Å²) < 4.78 is 21.1. The van der Waals surface area contributed by atoms with Gasteiger partial charge in [0.1, 0.15) is 12.9 Å². The van der Waals surface area contributed by atoms with E-state index in [0.29, 0.717) is 19.3 Å². The van der Waals surface area contributed by atoms with Crippen LogP contribution in [-0.4, -0.2) is 67.2 Å². The highest BCUT2D eigenvalue weighted by Gasteiger charge is 2.41. The first-order valence-corrected chi connectivity index (χ1v) is 12.9. The lowest BCUT2D eigenvalue weighted by Crippen LogP contribution is -2.48. The number of primary amides is 1. The molecule has 9 atom stereocenters. The quantitative estimate of drug-likeness (QED) is 0.162. The molecule has 36 heavy (non-hydrogen) atoms. The van der Waals surface area contributed by atoms with Gasteiger partial charge in [0.15, 0.2) is 0 Å². The van der Waals surface area contributed by atoms with Crippen molar-refractivity contribution in [3.05, 3.63) is 24.3 Å². The average molecular weight is 514 g/mol. The first kappa shape index (κ1) is 32.1. The Bertz CT molecular complexity index is 712. The molecular weight excluding hydrogens is 466 g/mol. The highest BCUT2D eigenvalue weighted by atomic mass is 16.7. The third-order valence-electron chi connectivity index (χ3n) is 6.96. The van der Waals surface area contributed by atoms with Crippen molar-refractivity contribution in [1.82, 2.24) is 0 Å². The van der Waals surface area contributed by atoms with E-state index in [2.05, 4.69) is 0 Å². The molecule has 0 spiro atoms. The van der Waals surface area contributed by atoms with E-state index in [-0.39, 0.29) is 61.2 Å². The van der Waals surface area contributed by atoms with Crippen molar-refractivity contribution < 1.29 is 38.7 Å². The summed E-state index contributed by atoms with van der Waals surface area (Å²) in [6, 6.07) is 0. The molecule has 0 aromatic heterocycles. The van der Waals surface area contributed by atoms with Gasteiger partial charge in [0.25, 0.3) is 0 Å². The van der Waals surface area contributed by atoms with Gasteiger partial charge in [-0.1, -0.05) is 52.0 Å². The van der Waals surface area contributed by atoms with E-state index < -0.39 is 18.3 Å². The molecule has 0 radical (unpaired) electrons. The second kappa shape index (κ2) is 16.7. The van der Waals surface area contributed by atoms with Gasteiger partial charge in [-0.25, -0.2) is 4.79 Å². The van der Waals surface area contributed by atoms with Crippen LogP contribution in [0.3, 0.4) is 0 Å². The molecule has 0 saturated carbocycles. The molecule has 1 saturated heterocycles. The van der Waals surface area contributed by atoms with Gasteiger partial charge >= 0.3 is 12.1 Å². The fourth-order valence-electron chi connectivity index (χ4n) is 4.39. The number of aliphatic hydroxyl groups is 2. The van der Waals surface area contributed by atoms with E-state index in [1.54, 1.807) is 14.0 Å². The van der Waals surface area contributed by atoms with Crippen LogP contribution in [0.25, 0.3) is 0 Å². The van der Waals surface area contributed by atoms with Crippen molar-refractivity contribution >= 4 is 12.1 Å². The van der Waals surface area contributed by atoms with E-state index in [1.807, 2.05) is 52.0 Å². The van der Waals surface area contributed by atoms with Crippen LogP contribution in [0.2, 0.25) is 0 Å². The largest absolute Gasteiger partial charge is 0.462 e. The first-order valence-electron chi connectivity index (χ1n) is 12.9. The minimum Gasteiger partial charge on any atom is -0.462 e. The molecular formula is C27H47NO8. The molecule has 1 aliphatic heterocycles. The van der Waals surface area contributed by atoms with Gasteiger partial charge in [0.05, 0.1) is 30.8 Å². The van der Waals surface area contributed by atoms with Crippen LogP contribution < -0.4 is 5.73 Å². The second-order valence-corrected chi connectivity index (χ2v) is 10.1. The molecule has 0 aromatic carbocycles.